The standard InChI is InChI=1S/C30H41FN6O2/c1-6-16-36(30(38)32-24-10-14-26(39-5)15-11-24)21-27-28(7-2)33-37(25-12-8-23(31)9-13-25)29(27)35-19-17-34(18-20-35)22(3)4/h8-15,22H,6-7,16-21H2,1-5H3,(H,32,38). The number of hydrogen-bond acceptors (Lipinski definition) is 5. The summed E-state index contributed by atoms with van der Waals surface area (Å²) >= 11 is 0. The zero-order valence-corrected chi connectivity index (χ0v) is 23.8. The van der Waals surface area contributed by atoms with Crippen molar-refractivity contribution in [2.45, 2.75) is 53.1 Å². The van der Waals surface area contributed by atoms with Crippen molar-refractivity contribution in [3.05, 3.63) is 65.6 Å². The number of halogens is 1. The van der Waals surface area contributed by atoms with Gasteiger partial charge in [-0.15, -0.1) is 0 Å². The van der Waals surface area contributed by atoms with E-state index in [1.807, 2.05) is 33.8 Å². The molecule has 1 fully saturated rings. The molecule has 9 heteroatoms. The van der Waals surface area contributed by atoms with Crippen LogP contribution in [0.15, 0.2) is 48.5 Å². The number of benzene rings is 2. The highest BCUT2D eigenvalue weighted by atomic mass is 19.1. The first-order chi connectivity index (χ1) is 18.8. The summed E-state index contributed by atoms with van der Waals surface area (Å²) in [6.45, 7) is 13.2. The highest BCUT2D eigenvalue weighted by Crippen LogP contribution is 2.31. The van der Waals surface area contributed by atoms with Crippen LogP contribution in [0.2, 0.25) is 0 Å². The van der Waals surface area contributed by atoms with Crippen LogP contribution >= 0.6 is 0 Å². The summed E-state index contributed by atoms with van der Waals surface area (Å²) in [5.74, 6) is 1.44. The van der Waals surface area contributed by atoms with Crippen LogP contribution in [0.3, 0.4) is 0 Å². The van der Waals surface area contributed by atoms with Crippen LogP contribution in [0.4, 0.5) is 20.7 Å². The van der Waals surface area contributed by atoms with Gasteiger partial charge in [0.05, 0.1) is 25.0 Å². The zero-order valence-electron chi connectivity index (χ0n) is 23.8. The van der Waals surface area contributed by atoms with E-state index in [4.69, 9.17) is 9.84 Å². The summed E-state index contributed by atoms with van der Waals surface area (Å²) in [5, 5.41) is 8.04. The molecule has 0 unspecified atom stereocenters. The van der Waals surface area contributed by atoms with E-state index in [0.29, 0.717) is 24.8 Å². The molecule has 0 bridgehead atoms. The van der Waals surface area contributed by atoms with Crippen LogP contribution in [-0.4, -0.2) is 71.5 Å². The van der Waals surface area contributed by atoms with Gasteiger partial charge in [0, 0.05) is 50.0 Å². The monoisotopic (exact) mass is 536 g/mol. The fourth-order valence-electron chi connectivity index (χ4n) is 5.06. The number of nitrogens with one attached hydrogen (secondary N) is 1. The van der Waals surface area contributed by atoms with Gasteiger partial charge >= 0.3 is 6.03 Å². The third kappa shape index (κ3) is 6.71. The second-order valence-corrected chi connectivity index (χ2v) is 10.2. The minimum absolute atomic E-state index is 0.158. The van der Waals surface area contributed by atoms with Gasteiger partial charge < -0.3 is 19.9 Å². The number of carbonyl (C=O) groups excluding carboxylic acids is 1. The van der Waals surface area contributed by atoms with Crippen molar-refractivity contribution in [1.29, 1.82) is 0 Å². The molecule has 4 rings (SSSR count). The Labute approximate surface area is 231 Å². The van der Waals surface area contributed by atoms with Crippen LogP contribution in [-0.2, 0) is 13.0 Å². The van der Waals surface area contributed by atoms with Crippen LogP contribution in [0, 0.1) is 5.82 Å². The molecule has 8 nitrogen and oxygen atoms in total. The lowest BCUT2D eigenvalue weighted by molar-refractivity contribution is 0.206. The van der Waals surface area contributed by atoms with Gasteiger partial charge in [0.15, 0.2) is 0 Å². The summed E-state index contributed by atoms with van der Waals surface area (Å²) in [6.07, 6.45) is 1.55. The summed E-state index contributed by atoms with van der Waals surface area (Å²) < 4.78 is 21.0. The smallest absolute Gasteiger partial charge is 0.322 e. The first kappa shape index (κ1) is 28.4. The Bertz CT molecular complexity index is 1220. The lowest BCUT2D eigenvalue weighted by Crippen LogP contribution is -2.49. The van der Waals surface area contributed by atoms with Gasteiger partial charge in [-0.25, -0.2) is 13.9 Å². The molecule has 1 N–H and O–H groups in total. The van der Waals surface area contributed by atoms with Gasteiger partial charge in [-0.3, -0.25) is 4.90 Å². The largest absolute Gasteiger partial charge is 0.497 e. The topological polar surface area (TPSA) is 65.9 Å². The minimum Gasteiger partial charge on any atom is -0.497 e. The van der Waals surface area contributed by atoms with E-state index < -0.39 is 0 Å². The van der Waals surface area contributed by atoms with Gasteiger partial charge in [-0.1, -0.05) is 13.8 Å². The number of aromatic nitrogens is 2. The van der Waals surface area contributed by atoms with E-state index >= 15 is 0 Å². The molecule has 1 aromatic heterocycles. The molecule has 2 amide bonds. The number of methoxy groups -OCH3 is 1. The van der Waals surface area contributed by atoms with Crippen molar-refractivity contribution in [1.82, 2.24) is 19.6 Å². The van der Waals surface area contributed by atoms with Crippen molar-refractivity contribution in [3.63, 3.8) is 0 Å². The number of ether oxygens (including phenoxy) is 1. The molecule has 0 atom stereocenters. The van der Waals surface area contributed by atoms with E-state index in [-0.39, 0.29) is 11.8 Å². The van der Waals surface area contributed by atoms with Crippen molar-refractivity contribution < 1.29 is 13.9 Å². The molecule has 3 aromatic rings. The Kier molecular flexibility index (Phi) is 9.45. The molecule has 0 saturated carbocycles. The molecule has 39 heavy (non-hydrogen) atoms. The Balaban J connectivity index is 1.68. The van der Waals surface area contributed by atoms with Crippen LogP contribution in [0.25, 0.3) is 5.69 Å². The fraction of sp³-hybridized carbons (Fsp3) is 0.467. The van der Waals surface area contributed by atoms with Crippen LogP contribution in [0.5, 0.6) is 5.75 Å². The molecule has 210 valence electrons. The third-order valence-electron chi connectivity index (χ3n) is 7.26. The quantitative estimate of drug-likeness (QED) is 0.368. The Hall–Kier alpha value is -3.59. The predicted molar refractivity (Wildman–Crippen MR) is 155 cm³/mol. The molecule has 0 radical (unpaired) electrons. The molecule has 2 heterocycles. The fourth-order valence-corrected chi connectivity index (χ4v) is 5.06. The number of hydrogen-bond donors (Lipinski definition) is 1. The predicted octanol–water partition coefficient (Wildman–Crippen LogP) is 5.56. The SMILES string of the molecule is CCCN(Cc1c(CC)nn(-c2ccc(F)cc2)c1N1CCN(C(C)C)CC1)C(=O)Nc1ccc(OC)cc1. The number of piperazine rings is 1. The molecular weight excluding hydrogens is 495 g/mol. The van der Waals surface area contributed by atoms with Crippen molar-refractivity contribution in [2.75, 3.05) is 50.1 Å². The number of amides is 2. The van der Waals surface area contributed by atoms with Crippen molar-refractivity contribution >= 4 is 17.5 Å². The number of rotatable bonds is 10. The summed E-state index contributed by atoms with van der Waals surface area (Å²) in [4.78, 5) is 20.2. The highest BCUT2D eigenvalue weighted by molar-refractivity contribution is 5.89. The van der Waals surface area contributed by atoms with E-state index in [9.17, 15) is 9.18 Å². The lowest BCUT2D eigenvalue weighted by atomic mass is 10.1. The Morgan fingerprint density at radius 2 is 1.72 bits per heavy atom. The number of nitrogens with zero attached hydrogens (tertiary/aromatic N) is 5. The van der Waals surface area contributed by atoms with Crippen molar-refractivity contribution in [2.24, 2.45) is 0 Å². The van der Waals surface area contributed by atoms with Gasteiger partial charge in [-0.2, -0.15) is 5.10 Å². The molecule has 1 aliphatic heterocycles. The normalized spacial score (nSPS) is 14.1. The molecule has 2 aromatic carbocycles. The first-order valence-electron chi connectivity index (χ1n) is 13.9. The van der Waals surface area contributed by atoms with Crippen molar-refractivity contribution in [3.8, 4) is 11.4 Å². The summed E-state index contributed by atoms with van der Waals surface area (Å²) in [7, 11) is 1.62. The maximum Gasteiger partial charge on any atom is 0.322 e. The lowest BCUT2D eigenvalue weighted by Gasteiger charge is -2.38. The second kappa shape index (κ2) is 13.0. The molecular formula is C30H41FN6O2. The minimum atomic E-state index is -0.279. The third-order valence-corrected chi connectivity index (χ3v) is 7.26. The van der Waals surface area contributed by atoms with E-state index in [1.54, 1.807) is 19.2 Å². The zero-order chi connectivity index (χ0) is 27.9. The maximum absolute atomic E-state index is 13.8. The average molecular weight is 537 g/mol. The Morgan fingerprint density at radius 1 is 1.05 bits per heavy atom. The second-order valence-electron chi connectivity index (χ2n) is 10.2. The summed E-state index contributed by atoms with van der Waals surface area (Å²) in [6, 6.07) is 14.1. The van der Waals surface area contributed by atoms with Crippen LogP contribution in [0.1, 0.15) is 45.4 Å². The number of carbonyl (C=O) groups is 1. The van der Waals surface area contributed by atoms with Gasteiger partial charge in [0.25, 0.3) is 0 Å². The molecule has 0 spiro atoms. The number of aryl methyl sites for hydroxylation is 1. The average Bonchev–Trinajstić information content (AvgIpc) is 3.31. The van der Waals surface area contributed by atoms with E-state index in [1.165, 1.54) is 12.1 Å². The number of anilines is 2. The summed E-state index contributed by atoms with van der Waals surface area (Å²) in [5.41, 5.74) is 3.50. The van der Waals surface area contributed by atoms with E-state index in [0.717, 1.165) is 67.5 Å². The van der Waals surface area contributed by atoms with Gasteiger partial charge in [0.1, 0.15) is 17.4 Å². The van der Waals surface area contributed by atoms with E-state index in [2.05, 4.69) is 42.8 Å². The maximum atomic E-state index is 13.8. The van der Waals surface area contributed by atoms with Gasteiger partial charge in [-0.05, 0) is 75.2 Å². The Morgan fingerprint density at radius 3 is 2.28 bits per heavy atom. The first-order valence-corrected chi connectivity index (χ1v) is 13.9. The molecule has 1 saturated heterocycles. The highest BCUT2D eigenvalue weighted by Gasteiger charge is 2.29. The van der Waals surface area contributed by atoms with Gasteiger partial charge in [0.2, 0.25) is 0 Å². The van der Waals surface area contributed by atoms with Crippen LogP contribution < -0.4 is 15.0 Å². The molecule has 0 aliphatic carbocycles. The molecule has 1 aliphatic rings. The number of urea groups is 1.